The highest BCUT2D eigenvalue weighted by Gasteiger charge is 2.22. The van der Waals surface area contributed by atoms with Crippen molar-refractivity contribution < 1.29 is 17.9 Å². The number of amides is 1. The van der Waals surface area contributed by atoms with Crippen molar-refractivity contribution in [2.75, 3.05) is 6.26 Å². The molecule has 0 aliphatic heterocycles. The monoisotopic (exact) mass is 341 g/mol. The average Bonchev–Trinajstić information content (AvgIpc) is 2.44. The van der Waals surface area contributed by atoms with Crippen LogP contribution in [0.15, 0.2) is 22.0 Å². The maximum Gasteiger partial charge on any atom is 0.280 e. The van der Waals surface area contributed by atoms with Crippen molar-refractivity contribution in [3.63, 3.8) is 0 Å². The zero-order chi connectivity index (χ0) is 17.8. The number of hydrogen-bond donors (Lipinski definition) is 2. The molecule has 1 atom stereocenters. The Hall–Kier alpha value is -2.09. The molecular formula is C15H23N3O4S. The van der Waals surface area contributed by atoms with Gasteiger partial charge in [0.1, 0.15) is 10.6 Å². The number of hydrogen-bond acceptors (Lipinski definition) is 4. The van der Waals surface area contributed by atoms with E-state index >= 15 is 0 Å². The van der Waals surface area contributed by atoms with Crippen molar-refractivity contribution in [2.24, 2.45) is 16.5 Å². The van der Waals surface area contributed by atoms with Crippen molar-refractivity contribution in [2.45, 2.75) is 44.6 Å². The van der Waals surface area contributed by atoms with Crippen molar-refractivity contribution in [1.29, 1.82) is 0 Å². The fourth-order valence-electron chi connectivity index (χ4n) is 1.95. The molecular weight excluding hydrogens is 318 g/mol. The van der Waals surface area contributed by atoms with E-state index in [0.29, 0.717) is 12.0 Å². The summed E-state index contributed by atoms with van der Waals surface area (Å²) in [6.07, 6.45) is 2.13. The van der Waals surface area contributed by atoms with Gasteiger partial charge in [-0.1, -0.05) is 13.8 Å². The van der Waals surface area contributed by atoms with Gasteiger partial charge in [0.05, 0.1) is 6.10 Å². The summed E-state index contributed by atoms with van der Waals surface area (Å²) in [5, 5.41) is 0. The molecule has 0 aliphatic rings. The average molecular weight is 341 g/mol. The Morgan fingerprint density at radius 2 is 1.91 bits per heavy atom. The van der Waals surface area contributed by atoms with E-state index in [4.69, 9.17) is 16.2 Å². The van der Waals surface area contributed by atoms with Crippen LogP contribution in [-0.4, -0.2) is 32.6 Å². The first-order chi connectivity index (χ1) is 10.6. The summed E-state index contributed by atoms with van der Waals surface area (Å²) in [5.41, 5.74) is 11.2. The second-order valence-electron chi connectivity index (χ2n) is 5.26. The number of nitrogens with zero attached hydrogens (tertiary/aromatic N) is 1. The van der Waals surface area contributed by atoms with Crippen LogP contribution in [0.3, 0.4) is 0 Å². The minimum Gasteiger partial charge on any atom is -0.489 e. The standard InChI is InChI=1S/C15H23N3O4S/c1-5-9(3)22-12-7-10(6-2)11(14(19)18-15(16)17)8-13(12)23(4,20)21/h7-9H,5-6H2,1-4H3,(H4,16,17,18,19). The first-order valence-corrected chi connectivity index (χ1v) is 9.16. The molecule has 0 saturated heterocycles. The third-order valence-electron chi connectivity index (χ3n) is 3.31. The Labute approximate surface area is 136 Å². The van der Waals surface area contributed by atoms with Crippen molar-refractivity contribution >= 4 is 21.7 Å². The highest BCUT2D eigenvalue weighted by atomic mass is 32.2. The van der Waals surface area contributed by atoms with Gasteiger partial charge in [0.2, 0.25) is 0 Å². The molecule has 1 amide bonds. The number of sulfone groups is 1. The minimum atomic E-state index is -3.58. The van der Waals surface area contributed by atoms with Crippen LogP contribution in [-0.2, 0) is 16.3 Å². The molecule has 1 aromatic rings. The van der Waals surface area contributed by atoms with Crippen LogP contribution in [0.25, 0.3) is 0 Å². The summed E-state index contributed by atoms with van der Waals surface area (Å²) in [5.74, 6) is -0.820. The van der Waals surface area contributed by atoms with Gasteiger partial charge in [-0.05, 0) is 37.5 Å². The predicted molar refractivity (Wildman–Crippen MR) is 89.5 cm³/mol. The summed E-state index contributed by atoms with van der Waals surface area (Å²) in [4.78, 5) is 15.6. The molecule has 8 heteroatoms. The highest BCUT2D eigenvalue weighted by Crippen LogP contribution is 2.30. The third kappa shape index (κ3) is 4.95. The minimum absolute atomic E-state index is 0.0517. The molecule has 128 valence electrons. The van der Waals surface area contributed by atoms with Gasteiger partial charge in [-0.25, -0.2) is 8.42 Å². The Balaban J connectivity index is 3.57. The molecule has 1 rings (SSSR count). The van der Waals surface area contributed by atoms with Crippen LogP contribution in [0, 0.1) is 0 Å². The number of benzene rings is 1. The zero-order valence-electron chi connectivity index (χ0n) is 13.8. The summed E-state index contributed by atoms with van der Waals surface area (Å²) in [6, 6.07) is 2.85. The van der Waals surface area contributed by atoms with Gasteiger partial charge in [0, 0.05) is 11.8 Å². The van der Waals surface area contributed by atoms with Gasteiger partial charge in [-0.2, -0.15) is 4.99 Å². The predicted octanol–water partition coefficient (Wildman–Crippen LogP) is 1.24. The Bertz CT molecular complexity index is 722. The molecule has 0 radical (unpaired) electrons. The van der Waals surface area contributed by atoms with Crippen molar-refractivity contribution in [1.82, 2.24) is 0 Å². The molecule has 0 saturated carbocycles. The molecule has 0 spiro atoms. The number of aliphatic imine (C=N–C) groups is 1. The summed E-state index contributed by atoms with van der Waals surface area (Å²) in [7, 11) is -3.58. The van der Waals surface area contributed by atoms with Crippen LogP contribution >= 0.6 is 0 Å². The Morgan fingerprint density at radius 1 is 1.30 bits per heavy atom. The van der Waals surface area contributed by atoms with Crippen molar-refractivity contribution in [3.8, 4) is 5.75 Å². The molecule has 23 heavy (non-hydrogen) atoms. The largest absolute Gasteiger partial charge is 0.489 e. The highest BCUT2D eigenvalue weighted by molar-refractivity contribution is 7.90. The molecule has 0 aromatic heterocycles. The van der Waals surface area contributed by atoms with E-state index in [2.05, 4.69) is 4.99 Å². The van der Waals surface area contributed by atoms with E-state index in [9.17, 15) is 13.2 Å². The Kier molecular flexibility index (Phi) is 6.14. The van der Waals surface area contributed by atoms with Crippen molar-refractivity contribution in [3.05, 3.63) is 23.3 Å². The number of carbonyl (C=O) groups is 1. The second kappa shape index (κ2) is 7.45. The van der Waals surface area contributed by atoms with E-state index in [0.717, 1.165) is 12.7 Å². The van der Waals surface area contributed by atoms with Gasteiger partial charge >= 0.3 is 0 Å². The first-order valence-electron chi connectivity index (χ1n) is 7.27. The molecule has 0 aliphatic carbocycles. The van der Waals surface area contributed by atoms with E-state index in [-0.39, 0.29) is 28.3 Å². The van der Waals surface area contributed by atoms with Crippen LogP contribution in [0.5, 0.6) is 5.75 Å². The molecule has 7 nitrogen and oxygen atoms in total. The van der Waals surface area contributed by atoms with Gasteiger partial charge in [-0.15, -0.1) is 0 Å². The number of carbonyl (C=O) groups excluding carboxylic acids is 1. The van der Waals surface area contributed by atoms with Crippen LogP contribution in [0.2, 0.25) is 0 Å². The van der Waals surface area contributed by atoms with Gasteiger partial charge in [-0.3, -0.25) is 4.79 Å². The summed E-state index contributed by atoms with van der Waals surface area (Å²) >= 11 is 0. The normalized spacial score (nSPS) is 12.5. The lowest BCUT2D eigenvalue weighted by molar-refractivity contribution is 0.100. The second-order valence-corrected chi connectivity index (χ2v) is 7.24. The fraction of sp³-hybridized carbons (Fsp3) is 0.467. The third-order valence-corrected chi connectivity index (χ3v) is 4.43. The number of guanidine groups is 1. The quantitative estimate of drug-likeness (QED) is 0.592. The van der Waals surface area contributed by atoms with Gasteiger partial charge in [0.15, 0.2) is 15.8 Å². The van der Waals surface area contributed by atoms with E-state index in [1.54, 1.807) is 6.07 Å². The lowest BCUT2D eigenvalue weighted by Crippen LogP contribution is -2.24. The molecule has 4 N–H and O–H groups in total. The van der Waals surface area contributed by atoms with E-state index in [1.807, 2.05) is 20.8 Å². The summed E-state index contributed by atoms with van der Waals surface area (Å²) in [6.45, 7) is 5.62. The topological polar surface area (TPSA) is 125 Å². The lowest BCUT2D eigenvalue weighted by atomic mass is 10.0. The molecule has 0 fully saturated rings. The number of rotatable bonds is 6. The van der Waals surface area contributed by atoms with Crippen LogP contribution < -0.4 is 16.2 Å². The lowest BCUT2D eigenvalue weighted by Gasteiger charge is -2.18. The van der Waals surface area contributed by atoms with Gasteiger partial charge in [0.25, 0.3) is 5.91 Å². The van der Waals surface area contributed by atoms with Crippen LogP contribution in [0.4, 0.5) is 0 Å². The van der Waals surface area contributed by atoms with Crippen LogP contribution in [0.1, 0.15) is 43.1 Å². The number of aryl methyl sites for hydroxylation is 1. The SMILES string of the molecule is CCc1cc(OC(C)CC)c(S(C)(=O)=O)cc1C(=O)N=C(N)N. The maximum atomic E-state index is 12.1. The fourth-order valence-corrected chi connectivity index (χ4v) is 2.76. The molecule has 1 unspecified atom stereocenters. The number of nitrogens with two attached hydrogens (primary N) is 2. The molecule has 1 aromatic carbocycles. The smallest absolute Gasteiger partial charge is 0.280 e. The molecule has 0 heterocycles. The molecule has 0 bridgehead atoms. The van der Waals surface area contributed by atoms with E-state index in [1.165, 1.54) is 6.07 Å². The Morgan fingerprint density at radius 3 is 2.35 bits per heavy atom. The zero-order valence-corrected chi connectivity index (χ0v) is 14.6. The summed E-state index contributed by atoms with van der Waals surface area (Å²) < 4.78 is 29.8. The first kappa shape index (κ1) is 19.0. The maximum absolute atomic E-state index is 12.1. The van der Waals surface area contributed by atoms with Gasteiger partial charge < -0.3 is 16.2 Å². The number of ether oxygens (including phenoxy) is 1. The van der Waals surface area contributed by atoms with E-state index < -0.39 is 15.7 Å².